The largest absolute Gasteiger partial charge is 0.455 e. The van der Waals surface area contributed by atoms with Gasteiger partial charge in [-0.05, 0) is 23.8 Å². The van der Waals surface area contributed by atoms with Gasteiger partial charge in [-0.15, -0.1) is 0 Å². The molecule has 1 aromatic rings. The van der Waals surface area contributed by atoms with Crippen LogP contribution in [0.5, 0.6) is 0 Å². The van der Waals surface area contributed by atoms with E-state index >= 15 is 0 Å². The molecule has 102 valence electrons. The maximum absolute atomic E-state index is 12.7. The quantitative estimate of drug-likeness (QED) is 0.620. The van der Waals surface area contributed by atoms with Crippen LogP contribution in [-0.2, 0) is 14.3 Å². The molecular formula is C15H17FO3. The molecule has 0 amide bonds. The summed E-state index contributed by atoms with van der Waals surface area (Å²) in [4.78, 5) is 22.9. The maximum atomic E-state index is 12.7. The van der Waals surface area contributed by atoms with Crippen molar-refractivity contribution in [3.8, 4) is 0 Å². The standard InChI is InChI=1S/C15H17FO3/c1-15(2,3)13(17)10-19-14(18)9-6-11-4-7-12(16)8-5-11/h4-9H,10H2,1-3H3. The molecule has 0 saturated heterocycles. The number of hydrogen-bond donors (Lipinski definition) is 0. The Bertz CT molecular complexity index is 481. The van der Waals surface area contributed by atoms with Crippen molar-refractivity contribution in [3.63, 3.8) is 0 Å². The summed E-state index contributed by atoms with van der Waals surface area (Å²) in [5.74, 6) is -1.08. The van der Waals surface area contributed by atoms with Crippen LogP contribution in [0, 0.1) is 11.2 Å². The molecule has 1 aromatic carbocycles. The predicted molar refractivity (Wildman–Crippen MR) is 70.9 cm³/mol. The number of esters is 1. The lowest BCUT2D eigenvalue weighted by molar-refractivity contribution is -0.145. The van der Waals surface area contributed by atoms with Crippen LogP contribution in [-0.4, -0.2) is 18.4 Å². The first kappa shape index (κ1) is 15.1. The number of hydrogen-bond acceptors (Lipinski definition) is 3. The Morgan fingerprint density at radius 1 is 1.21 bits per heavy atom. The highest BCUT2D eigenvalue weighted by Gasteiger charge is 2.21. The third-order valence-electron chi connectivity index (χ3n) is 2.46. The minimum Gasteiger partial charge on any atom is -0.455 e. The molecule has 0 aliphatic heterocycles. The Kier molecular flexibility index (Phi) is 4.98. The molecule has 19 heavy (non-hydrogen) atoms. The third kappa shape index (κ3) is 5.46. The van der Waals surface area contributed by atoms with Crippen LogP contribution in [0.3, 0.4) is 0 Å². The molecule has 0 bridgehead atoms. The minimum absolute atomic E-state index is 0.143. The highest BCUT2D eigenvalue weighted by atomic mass is 19.1. The van der Waals surface area contributed by atoms with E-state index in [1.807, 2.05) is 0 Å². The zero-order chi connectivity index (χ0) is 14.5. The molecule has 3 nitrogen and oxygen atoms in total. The highest BCUT2D eigenvalue weighted by molar-refractivity contribution is 5.91. The van der Waals surface area contributed by atoms with Crippen LogP contribution < -0.4 is 0 Å². The fourth-order valence-corrected chi connectivity index (χ4v) is 1.14. The van der Waals surface area contributed by atoms with Gasteiger partial charge in [0, 0.05) is 11.5 Å². The van der Waals surface area contributed by atoms with E-state index in [2.05, 4.69) is 0 Å². The molecule has 0 saturated carbocycles. The van der Waals surface area contributed by atoms with Crippen molar-refractivity contribution < 1.29 is 18.7 Å². The van der Waals surface area contributed by atoms with Crippen LogP contribution in [0.15, 0.2) is 30.3 Å². The summed E-state index contributed by atoms with van der Waals surface area (Å²) in [5.41, 5.74) is 0.154. The Morgan fingerprint density at radius 2 is 1.79 bits per heavy atom. The van der Waals surface area contributed by atoms with Crippen molar-refractivity contribution in [2.75, 3.05) is 6.61 Å². The van der Waals surface area contributed by atoms with Crippen molar-refractivity contribution in [1.29, 1.82) is 0 Å². The zero-order valence-corrected chi connectivity index (χ0v) is 11.3. The van der Waals surface area contributed by atoms with Crippen LogP contribution in [0.25, 0.3) is 6.08 Å². The van der Waals surface area contributed by atoms with Gasteiger partial charge in [0.2, 0.25) is 0 Å². The molecule has 0 N–H and O–H groups in total. The molecule has 0 unspecified atom stereocenters. The number of rotatable bonds is 4. The van der Waals surface area contributed by atoms with Gasteiger partial charge in [-0.2, -0.15) is 0 Å². The van der Waals surface area contributed by atoms with Crippen LogP contribution in [0.1, 0.15) is 26.3 Å². The van der Waals surface area contributed by atoms with Gasteiger partial charge in [0.05, 0.1) is 0 Å². The summed E-state index contributed by atoms with van der Waals surface area (Å²) in [6, 6.07) is 5.68. The summed E-state index contributed by atoms with van der Waals surface area (Å²) in [5, 5.41) is 0. The SMILES string of the molecule is CC(C)(C)C(=O)COC(=O)C=Cc1ccc(F)cc1. The van der Waals surface area contributed by atoms with Crippen LogP contribution >= 0.6 is 0 Å². The van der Waals surface area contributed by atoms with Crippen molar-refractivity contribution >= 4 is 17.8 Å². The maximum Gasteiger partial charge on any atom is 0.331 e. The summed E-state index contributed by atoms with van der Waals surface area (Å²) in [7, 11) is 0. The topological polar surface area (TPSA) is 43.4 Å². The van der Waals surface area contributed by atoms with Crippen molar-refractivity contribution in [1.82, 2.24) is 0 Å². The predicted octanol–water partition coefficient (Wildman–Crippen LogP) is 3.00. The van der Waals surface area contributed by atoms with E-state index in [0.717, 1.165) is 0 Å². The molecule has 4 heteroatoms. The second-order valence-corrected chi connectivity index (χ2v) is 5.17. The lowest BCUT2D eigenvalue weighted by atomic mass is 9.91. The minimum atomic E-state index is -0.595. The number of Topliss-reactive ketones (excluding diaryl/α,β-unsaturated/α-hetero) is 1. The molecule has 0 fully saturated rings. The smallest absolute Gasteiger partial charge is 0.331 e. The van der Waals surface area contributed by atoms with Gasteiger partial charge in [0.25, 0.3) is 0 Å². The number of carbonyl (C=O) groups is 2. The fourth-order valence-electron chi connectivity index (χ4n) is 1.14. The first-order chi connectivity index (χ1) is 8.79. The fraction of sp³-hybridized carbons (Fsp3) is 0.333. The van der Waals surface area contributed by atoms with Gasteiger partial charge in [-0.1, -0.05) is 32.9 Å². The molecule has 0 aliphatic carbocycles. The van der Waals surface area contributed by atoms with E-state index in [4.69, 9.17) is 4.74 Å². The summed E-state index contributed by atoms with van der Waals surface area (Å²) in [6.07, 6.45) is 2.71. The number of halogens is 1. The van der Waals surface area contributed by atoms with E-state index in [-0.39, 0.29) is 18.2 Å². The van der Waals surface area contributed by atoms with Crippen molar-refractivity contribution in [2.45, 2.75) is 20.8 Å². The summed E-state index contributed by atoms with van der Waals surface area (Å²) >= 11 is 0. The second-order valence-electron chi connectivity index (χ2n) is 5.17. The number of carbonyl (C=O) groups excluding carboxylic acids is 2. The Morgan fingerprint density at radius 3 is 2.32 bits per heavy atom. The Balaban J connectivity index is 2.48. The Hall–Kier alpha value is -1.97. The Labute approximate surface area is 112 Å². The van der Waals surface area contributed by atoms with E-state index in [1.54, 1.807) is 32.9 Å². The highest BCUT2D eigenvalue weighted by Crippen LogP contribution is 2.14. The molecule has 0 heterocycles. The molecule has 0 radical (unpaired) electrons. The second kappa shape index (κ2) is 6.27. The van der Waals surface area contributed by atoms with Crippen LogP contribution in [0.4, 0.5) is 4.39 Å². The monoisotopic (exact) mass is 264 g/mol. The number of ketones is 1. The number of ether oxygens (including phenoxy) is 1. The molecule has 0 aromatic heterocycles. The average Bonchev–Trinajstić information content (AvgIpc) is 2.34. The summed E-state index contributed by atoms with van der Waals surface area (Å²) in [6.45, 7) is 5.04. The van der Waals surface area contributed by atoms with Gasteiger partial charge in [-0.25, -0.2) is 9.18 Å². The molecule has 1 rings (SSSR count). The van der Waals surface area contributed by atoms with Crippen LogP contribution in [0.2, 0.25) is 0 Å². The van der Waals surface area contributed by atoms with E-state index in [1.165, 1.54) is 24.3 Å². The van der Waals surface area contributed by atoms with Gasteiger partial charge >= 0.3 is 5.97 Å². The normalized spacial score (nSPS) is 11.6. The lowest BCUT2D eigenvalue weighted by Gasteiger charge is -2.15. The third-order valence-corrected chi connectivity index (χ3v) is 2.46. The first-order valence-corrected chi connectivity index (χ1v) is 5.93. The zero-order valence-electron chi connectivity index (χ0n) is 11.3. The van der Waals surface area contributed by atoms with E-state index in [9.17, 15) is 14.0 Å². The number of benzene rings is 1. The van der Waals surface area contributed by atoms with Crippen molar-refractivity contribution in [3.05, 3.63) is 41.7 Å². The van der Waals surface area contributed by atoms with Gasteiger partial charge in [-0.3, -0.25) is 4.79 Å². The molecule has 0 aliphatic rings. The van der Waals surface area contributed by atoms with E-state index in [0.29, 0.717) is 5.56 Å². The van der Waals surface area contributed by atoms with Gasteiger partial charge in [0.1, 0.15) is 5.82 Å². The van der Waals surface area contributed by atoms with Gasteiger partial charge < -0.3 is 4.74 Å². The lowest BCUT2D eigenvalue weighted by Crippen LogP contribution is -2.25. The first-order valence-electron chi connectivity index (χ1n) is 5.93. The van der Waals surface area contributed by atoms with Crippen molar-refractivity contribution in [2.24, 2.45) is 5.41 Å². The molecular weight excluding hydrogens is 247 g/mol. The average molecular weight is 264 g/mol. The molecule has 0 spiro atoms. The molecule has 0 atom stereocenters. The summed E-state index contributed by atoms with van der Waals surface area (Å²) < 4.78 is 17.5. The van der Waals surface area contributed by atoms with Gasteiger partial charge in [0.15, 0.2) is 12.4 Å². The van der Waals surface area contributed by atoms with E-state index < -0.39 is 11.4 Å².